The van der Waals surface area contributed by atoms with Crippen LogP contribution in [0.4, 0.5) is 0 Å². The number of fused-ring (bicyclic) bond motifs is 8. The van der Waals surface area contributed by atoms with Crippen LogP contribution >= 0.6 is 0 Å². The maximum absolute atomic E-state index is 11.6. The zero-order chi connectivity index (χ0) is 22.5. The molecule has 32 heavy (non-hydrogen) atoms. The summed E-state index contributed by atoms with van der Waals surface area (Å²) < 4.78 is 6.64. The quantitative estimate of drug-likeness (QED) is 0.496. The van der Waals surface area contributed by atoms with Gasteiger partial charge in [-0.1, -0.05) is 20.8 Å². The number of rotatable bonds is 1. The van der Waals surface area contributed by atoms with E-state index in [1.807, 2.05) is 0 Å². The summed E-state index contributed by atoms with van der Waals surface area (Å²) in [4.78, 5) is 0. The topological polar surface area (TPSA) is 82.0 Å². The number of ether oxygens (including phenoxy) is 1. The Labute approximate surface area is 193 Å². The fraction of sp³-hybridized carbons (Fsp3) is 1.00. The monoisotopic (exact) mass is 447 g/mol. The maximum atomic E-state index is 11.6. The van der Waals surface area contributed by atoms with Gasteiger partial charge in [0, 0.05) is 19.6 Å². The van der Waals surface area contributed by atoms with Crippen LogP contribution in [-0.2, 0) is 4.74 Å². The molecule has 4 N–H and O–H groups in total. The van der Waals surface area contributed by atoms with E-state index in [1.165, 1.54) is 32.1 Å². The highest BCUT2D eigenvalue weighted by Gasteiger charge is 2.67. The molecule has 0 aromatic carbocycles. The van der Waals surface area contributed by atoms with Crippen molar-refractivity contribution in [3.63, 3.8) is 0 Å². The number of hydrogen-bond acceptors (Lipinski definition) is 5. The van der Waals surface area contributed by atoms with Crippen molar-refractivity contribution < 1.29 is 20.1 Å². The molecule has 13 atom stereocenters. The Kier molecular flexibility index (Phi) is 5.15. The van der Waals surface area contributed by atoms with Gasteiger partial charge < -0.3 is 25.4 Å². The van der Waals surface area contributed by atoms with Crippen LogP contribution in [0.15, 0.2) is 0 Å². The van der Waals surface area contributed by atoms with E-state index in [4.69, 9.17) is 4.74 Å². The van der Waals surface area contributed by atoms with E-state index < -0.39 is 5.79 Å². The maximum Gasteiger partial charge on any atom is 0.182 e. The Bertz CT molecular complexity index is 747. The molecule has 5 nitrogen and oxygen atoms in total. The highest BCUT2D eigenvalue weighted by Crippen LogP contribution is 2.70. The fourth-order valence-corrected chi connectivity index (χ4v) is 10.7. The summed E-state index contributed by atoms with van der Waals surface area (Å²) in [6.45, 7) is 8.33. The molecule has 4 aliphatic carbocycles. The van der Waals surface area contributed by atoms with Crippen molar-refractivity contribution in [3.05, 3.63) is 0 Å². The number of piperidine rings is 1. The summed E-state index contributed by atoms with van der Waals surface area (Å²) >= 11 is 0. The lowest BCUT2D eigenvalue weighted by Crippen LogP contribution is -2.68. The van der Waals surface area contributed by atoms with Crippen molar-refractivity contribution in [1.82, 2.24) is 5.32 Å². The first-order valence-corrected chi connectivity index (χ1v) is 13.6. The summed E-state index contributed by atoms with van der Waals surface area (Å²) in [7, 11) is 0. The Morgan fingerprint density at radius 3 is 2.56 bits per heavy atom. The fourth-order valence-electron chi connectivity index (χ4n) is 10.7. The molecule has 6 rings (SSSR count). The van der Waals surface area contributed by atoms with Crippen LogP contribution in [0.3, 0.4) is 0 Å². The van der Waals surface area contributed by atoms with E-state index in [-0.39, 0.29) is 30.8 Å². The third-order valence-electron chi connectivity index (χ3n) is 12.1. The van der Waals surface area contributed by atoms with Gasteiger partial charge >= 0.3 is 0 Å². The standard InChI is InChI=1S/C27H45NO4/c1-15-23-22(32-27(31)12-16(14-29)13-28-24(15)27)11-21-19-5-4-17-10-18(30)6-8-25(17,2)20(19)7-9-26(21,23)3/h15-24,28-31H,4-14H2,1-3H3. The predicted molar refractivity (Wildman–Crippen MR) is 123 cm³/mol. The highest BCUT2D eigenvalue weighted by atomic mass is 16.6. The molecular formula is C27H45NO4. The van der Waals surface area contributed by atoms with E-state index in [0.717, 1.165) is 37.6 Å². The molecule has 182 valence electrons. The van der Waals surface area contributed by atoms with Crippen molar-refractivity contribution in [2.75, 3.05) is 13.2 Å². The van der Waals surface area contributed by atoms with Crippen molar-refractivity contribution in [1.29, 1.82) is 0 Å². The van der Waals surface area contributed by atoms with Gasteiger partial charge in [0.25, 0.3) is 0 Å². The van der Waals surface area contributed by atoms with E-state index in [9.17, 15) is 15.3 Å². The summed E-state index contributed by atoms with van der Waals surface area (Å²) in [5.41, 5.74) is 0.686. The average Bonchev–Trinajstić information content (AvgIpc) is 3.05. The van der Waals surface area contributed by atoms with E-state index >= 15 is 0 Å². The average molecular weight is 448 g/mol. The van der Waals surface area contributed by atoms with Gasteiger partial charge in [-0.05, 0) is 104 Å². The van der Waals surface area contributed by atoms with Crippen LogP contribution in [0.1, 0.15) is 78.6 Å². The molecule has 0 bridgehead atoms. The lowest BCUT2D eigenvalue weighted by molar-refractivity contribution is -0.312. The molecule has 2 heterocycles. The van der Waals surface area contributed by atoms with Crippen LogP contribution in [0.5, 0.6) is 0 Å². The molecule has 13 unspecified atom stereocenters. The first kappa shape index (κ1) is 22.3. The summed E-state index contributed by atoms with van der Waals surface area (Å²) in [6.07, 6.45) is 10.1. The van der Waals surface area contributed by atoms with Crippen LogP contribution in [0.2, 0.25) is 0 Å². The second-order valence-corrected chi connectivity index (χ2v) is 13.4. The Morgan fingerprint density at radius 1 is 1.00 bits per heavy atom. The van der Waals surface area contributed by atoms with Gasteiger partial charge in [0.15, 0.2) is 5.79 Å². The van der Waals surface area contributed by atoms with E-state index in [2.05, 4.69) is 26.1 Å². The lowest BCUT2D eigenvalue weighted by Gasteiger charge is -2.62. The molecule has 0 amide bonds. The normalized spacial score (nSPS) is 61.7. The molecule has 0 spiro atoms. The number of aliphatic hydroxyl groups excluding tert-OH is 2. The molecule has 0 radical (unpaired) electrons. The van der Waals surface area contributed by atoms with Gasteiger partial charge in [-0.25, -0.2) is 0 Å². The van der Waals surface area contributed by atoms with Gasteiger partial charge in [0.1, 0.15) is 0 Å². The minimum Gasteiger partial charge on any atom is -0.396 e. The third kappa shape index (κ3) is 2.93. The second kappa shape index (κ2) is 7.40. The Hall–Kier alpha value is -0.200. The molecule has 4 saturated carbocycles. The third-order valence-corrected chi connectivity index (χ3v) is 12.1. The summed E-state index contributed by atoms with van der Waals surface area (Å²) in [6, 6.07) is -0.0343. The van der Waals surface area contributed by atoms with Gasteiger partial charge in [-0.15, -0.1) is 0 Å². The molecule has 2 saturated heterocycles. The van der Waals surface area contributed by atoms with Gasteiger partial charge in [-0.3, -0.25) is 0 Å². The predicted octanol–water partition coefficient (Wildman–Crippen LogP) is 3.31. The molecule has 6 fully saturated rings. The minimum absolute atomic E-state index is 0.0343. The van der Waals surface area contributed by atoms with Crippen molar-refractivity contribution in [2.45, 2.75) is 103 Å². The van der Waals surface area contributed by atoms with Crippen molar-refractivity contribution >= 4 is 0 Å². The van der Waals surface area contributed by atoms with Crippen LogP contribution in [-0.4, -0.2) is 52.5 Å². The SMILES string of the molecule is CC1C2NCC(CO)CC2(O)OC2CC3C4CCC5CC(O)CCC5(C)C4CCC3(C)C21. The minimum atomic E-state index is -1.14. The molecule has 5 heteroatoms. The van der Waals surface area contributed by atoms with Gasteiger partial charge in [0.2, 0.25) is 0 Å². The van der Waals surface area contributed by atoms with Gasteiger partial charge in [0.05, 0.1) is 18.2 Å². The van der Waals surface area contributed by atoms with E-state index in [0.29, 0.717) is 40.9 Å². The Morgan fingerprint density at radius 2 is 1.78 bits per heavy atom. The number of hydrogen-bond donors (Lipinski definition) is 4. The largest absolute Gasteiger partial charge is 0.396 e. The van der Waals surface area contributed by atoms with Crippen molar-refractivity contribution in [3.8, 4) is 0 Å². The second-order valence-electron chi connectivity index (χ2n) is 13.4. The number of nitrogens with one attached hydrogen (secondary N) is 1. The number of aliphatic hydroxyl groups is 3. The molecule has 0 aromatic rings. The summed E-state index contributed by atoms with van der Waals surface area (Å²) in [5, 5.41) is 35.2. The molecule has 2 aliphatic heterocycles. The molecule has 6 aliphatic rings. The molecule has 0 aromatic heterocycles. The lowest BCUT2D eigenvalue weighted by atomic mass is 9.44. The van der Waals surface area contributed by atoms with Gasteiger partial charge in [-0.2, -0.15) is 0 Å². The first-order valence-electron chi connectivity index (χ1n) is 13.6. The smallest absolute Gasteiger partial charge is 0.182 e. The summed E-state index contributed by atoms with van der Waals surface area (Å²) in [5.74, 6) is 2.72. The van der Waals surface area contributed by atoms with Crippen molar-refractivity contribution in [2.24, 2.45) is 52.3 Å². The highest BCUT2D eigenvalue weighted by molar-refractivity contribution is 5.15. The van der Waals surface area contributed by atoms with E-state index in [1.54, 1.807) is 0 Å². The zero-order valence-electron chi connectivity index (χ0n) is 20.3. The van der Waals surface area contributed by atoms with Crippen LogP contribution in [0.25, 0.3) is 0 Å². The van der Waals surface area contributed by atoms with Crippen LogP contribution < -0.4 is 5.32 Å². The Balaban J connectivity index is 1.29. The first-order chi connectivity index (χ1) is 15.2. The zero-order valence-corrected chi connectivity index (χ0v) is 20.3. The molecular weight excluding hydrogens is 402 g/mol. The van der Waals surface area contributed by atoms with Crippen LogP contribution in [0, 0.1) is 52.3 Å².